The molecule has 7 heteroatoms. The molecule has 0 spiro atoms. The largest absolute Gasteiger partial charge is 0.497 e. The lowest BCUT2D eigenvalue weighted by atomic mass is 10.2. The van der Waals surface area contributed by atoms with Crippen LogP contribution in [0.5, 0.6) is 11.5 Å². The maximum absolute atomic E-state index is 5.27. The highest BCUT2D eigenvalue weighted by molar-refractivity contribution is 5.89. The molecule has 2 aromatic heterocycles. The highest BCUT2D eigenvalue weighted by Crippen LogP contribution is 2.30. The SMILES string of the molecule is COc1cc(Nc2nc(C)nc3onc(C)c23)cc(OC)c1. The topological polar surface area (TPSA) is 82.3 Å². The van der Waals surface area contributed by atoms with Crippen LogP contribution < -0.4 is 14.8 Å². The molecule has 0 aliphatic carbocycles. The Bertz CT molecular complexity index is 807. The fraction of sp³-hybridized carbons (Fsp3) is 0.267. The van der Waals surface area contributed by atoms with E-state index in [1.54, 1.807) is 27.2 Å². The second-order valence-electron chi connectivity index (χ2n) is 4.79. The number of rotatable bonds is 4. The minimum Gasteiger partial charge on any atom is -0.497 e. The van der Waals surface area contributed by atoms with Crippen LogP contribution in [0.15, 0.2) is 22.7 Å². The molecule has 3 rings (SSSR count). The number of hydrogen-bond donors (Lipinski definition) is 1. The van der Waals surface area contributed by atoms with E-state index in [0.29, 0.717) is 28.9 Å². The number of anilines is 2. The van der Waals surface area contributed by atoms with E-state index in [0.717, 1.165) is 16.8 Å². The van der Waals surface area contributed by atoms with Crippen LogP contribution in [0.4, 0.5) is 11.5 Å². The molecule has 0 fully saturated rings. The van der Waals surface area contributed by atoms with E-state index >= 15 is 0 Å². The highest BCUT2D eigenvalue weighted by Gasteiger charge is 2.14. The molecule has 114 valence electrons. The van der Waals surface area contributed by atoms with Crippen molar-refractivity contribution in [3.63, 3.8) is 0 Å². The fourth-order valence-electron chi connectivity index (χ4n) is 2.20. The molecule has 3 aromatic rings. The number of hydrogen-bond acceptors (Lipinski definition) is 7. The predicted molar refractivity (Wildman–Crippen MR) is 81.9 cm³/mol. The standard InChI is InChI=1S/C15H16N4O3/c1-8-13-14(16-9(2)17-15(13)22-19-8)18-10-5-11(20-3)7-12(6-10)21-4/h5-7H,1-4H3,(H,16,17,18). The lowest BCUT2D eigenvalue weighted by Crippen LogP contribution is -1.99. The molecular weight excluding hydrogens is 284 g/mol. The molecule has 1 aromatic carbocycles. The first-order valence-electron chi connectivity index (χ1n) is 6.71. The average molecular weight is 300 g/mol. The predicted octanol–water partition coefficient (Wildman–Crippen LogP) is 3.00. The summed E-state index contributed by atoms with van der Waals surface area (Å²) in [6.07, 6.45) is 0. The van der Waals surface area contributed by atoms with Gasteiger partial charge in [0.2, 0.25) is 0 Å². The van der Waals surface area contributed by atoms with Crippen molar-refractivity contribution < 1.29 is 14.0 Å². The van der Waals surface area contributed by atoms with Crippen LogP contribution in [-0.4, -0.2) is 29.3 Å². The molecule has 0 atom stereocenters. The first-order chi connectivity index (χ1) is 10.6. The fourth-order valence-corrected chi connectivity index (χ4v) is 2.20. The number of fused-ring (bicyclic) bond motifs is 1. The van der Waals surface area contributed by atoms with Crippen molar-refractivity contribution in [3.05, 3.63) is 29.7 Å². The molecule has 0 aliphatic rings. The summed E-state index contributed by atoms with van der Waals surface area (Å²) in [7, 11) is 3.21. The Labute approximate surface area is 127 Å². The van der Waals surface area contributed by atoms with Crippen molar-refractivity contribution in [2.24, 2.45) is 0 Å². The summed E-state index contributed by atoms with van der Waals surface area (Å²) >= 11 is 0. The number of aromatic nitrogens is 3. The van der Waals surface area contributed by atoms with E-state index in [9.17, 15) is 0 Å². The van der Waals surface area contributed by atoms with Crippen LogP contribution in [0.25, 0.3) is 11.1 Å². The molecule has 0 saturated heterocycles. The van der Waals surface area contributed by atoms with Gasteiger partial charge in [-0.25, -0.2) is 4.98 Å². The van der Waals surface area contributed by atoms with Crippen LogP contribution in [0, 0.1) is 13.8 Å². The van der Waals surface area contributed by atoms with Crippen molar-refractivity contribution in [2.75, 3.05) is 19.5 Å². The number of aryl methyl sites for hydroxylation is 2. The van der Waals surface area contributed by atoms with Crippen molar-refractivity contribution in [3.8, 4) is 11.5 Å². The molecule has 0 aliphatic heterocycles. The lowest BCUT2D eigenvalue weighted by Gasteiger charge is -2.11. The molecule has 2 heterocycles. The Balaban J connectivity index is 2.08. The zero-order chi connectivity index (χ0) is 15.7. The van der Waals surface area contributed by atoms with Gasteiger partial charge in [0.15, 0.2) is 0 Å². The second kappa shape index (κ2) is 5.51. The maximum atomic E-state index is 5.27. The summed E-state index contributed by atoms with van der Waals surface area (Å²) in [6.45, 7) is 3.65. The van der Waals surface area contributed by atoms with Crippen LogP contribution in [0.3, 0.4) is 0 Å². The van der Waals surface area contributed by atoms with Crippen LogP contribution in [-0.2, 0) is 0 Å². The van der Waals surface area contributed by atoms with E-state index in [1.807, 2.05) is 19.1 Å². The summed E-state index contributed by atoms with van der Waals surface area (Å²) in [5.74, 6) is 2.61. The Morgan fingerprint density at radius 3 is 2.32 bits per heavy atom. The number of nitrogens with zero attached hydrogens (tertiary/aromatic N) is 3. The van der Waals surface area contributed by atoms with E-state index < -0.39 is 0 Å². The van der Waals surface area contributed by atoms with Crippen molar-refractivity contribution >= 4 is 22.6 Å². The molecule has 7 nitrogen and oxygen atoms in total. The van der Waals surface area contributed by atoms with Crippen LogP contribution in [0.2, 0.25) is 0 Å². The van der Waals surface area contributed by atoms with Gasteiger partial charge < -0.3 is 19.3 Å². The number of benzene rings is 1. The lowest BCUT2D eigenvalue weighted by molar-refractivity contribution is 0.395. The smallest absolute Gasteiger partial charge is 0.263 e. The summed E-state index contributed by atoms with van der Waals surface area (Å²) in [5, 5.41) is 7.95. The number of nitrogens with one attached hydrogen (secondary N) is 1. The zero-order valence-electron chi connectivity index (χ0n) is 12.8. The second-order valence-corrected chi connectivity index (χ2v) is 4.79. The van der Waals surface area contributed by atoms with E-state index in [4.69, 9.17) is 14.0 Å². The minimum absolute atomic E-state index is 0.461. The van der Waals surface area contributed by atoms with Crippen molar-refractivity contribution in [2.45, 2.75) is 13.8 Å². The molecule has 0 bridgehead atoms. The average Bonchev–Trinajstić information content (AvgIpc) is 2.87. The normalized spacial score (nSPS) is 10.7. The third-order valence-electron chi connectivity index (χ3n) is 3.23. The monoisotopic (exact) mass is 300 g/mol. The van der Waals surface area contributed by atoms with Gasteiger partial charge in [-0.05, 0) is 13.8 Å². The quantitative estimate of drug-likeness (QED) is 0.793. The number of ether oxygens (including phenoxy) is 2. The van der Waals surface area contributed by atoms with Crippen molar-refractivity contribution in [1.29, 1.82) is 0 Å². The van der Waals surface area contributed by atoms with Gasteiger partial charge in [-0.3, -0.25) is 0 Å². The van der Waals surface area contributed by atoms with Gasteiger partial charge in [-0.2, -0.15) is 4.98 Å². The summed E-state index contributed by atoms with van der Waals surface area (Å²) in [5.41, 5.74) is 1.98. The summed E-state index contributed by atoms with van der Waals surface area (Å²) in [6, 6.07) is 5.51. The molecule has 0 saturated carbocycles. The Morgan fingerprint density at radius 1 is 1.00 bits per heavy atom. The van der Waals surface area contributed by atoms with Crippen LogP contribution >= 0.6 is 0 Å². The van der Waals surface area contributed by atoms with E-state index in [-0.39, 0.29) is 0 Å². The molecule has 1 N–H and O–H groups in total. The molecular formula is C15H16N4O3. The van der Waals surface area contributed by atoms with Gasteiger partial charge in [-0.15, -0.1) is 0 Å². The van der Waals surface area contributed by atoms with Gasteiger partial charge in [0.25, 0.3) is 5.71 Å². The molecule has 22 heavy (non-hydrogen) atoms. The van der Waals surface area contributed by atoms with Gasteiger partial charge in [0.05, 0.1) is 19.9 Å². The highest BCUT2D eigenvalue weighted by atomic mass is 16.5. The molecule has 0 unspecified atom stereocenters. The first kappa shape index (κ1) is 14.1. The Hall–Kier alpha value is -2.83. The third kappa shape index (κ3) is 2.52. The van der Waals surface area contributed by atoms with E-state index in [1.165, 1.54) is 0 Å². The minimum atomic E-state index is 0.461. The molecule has 0 amide bonds. The van der Waals surface area contributed by atoms with Gasteiger partial charge >= 0.3 is 0 Å². The van der Waals surface area contributed by atoms with Gasteiger partial charge in [0, 0.05) is 23.9 Å². The zero-order valence-corrected chi connectivity index (χ0v) is 12.8. The first-order valence-corrected chi connectivity index (χ1v) is 6.71. The van der Waals surface area contributed by atoms with E-state index in [2.05, 4.69) is 20.4 Å². The molecule has 0 radical (unpaired) electrons. The number of methoxy groups -OCH3 is 2. The summed E-state index contributed by atoms with van der Waals surface area (Å²) < 4.78 is 15.7. The van der Waals surface area contributed by atoms with Crippen LogP contribution in [0.1, 0.15) is 11.5 Å². The van der Waals surface area contributed by atoms with Gasteiger partial charge in [-0.1, -0.05) is 5.16 Å². The Morgan fingerprint density at radius 2 is 1.68 bits per heavy atom. The van der Waals surface area contributed by atoms with Crippen molar-refractivity contribution in [1.82, 2.24) is 15.1 Å². The van der Waals surface area contributed by atoms with Gasteiger partial charge in [0.1, 0.15) is 28.5 Å². The summed E-state index contributed by atoms with van der Waals surface area (Å²) in [4.78, 5) is 8.67. The Kier molecular flexibility index (Phi) is 3.54. The third-order valence-corrected chi connectivity index (χ3v) is 3.23. The maximum Gasteiger partial charge on any atom is 0.263 e.